The van der Waals surface area contributed by atoms with Gasteiger partial charge in [0.15, 0.2) is 0 Å². The predicted molar refractivity (Wildman–Crippen MR) is 73.9 cm³/mol. The van der Waals surface area contributed by atoms with Gasteiger partial charge in [-0.15, -0.1) is 0 Å². The van der Waals surface area contributed by atoms with Crippen LogP contribution in [0.5, 0.6) is 5.75 Å². The summed E-state index contributed by atoms with van der Waals surface area (Å²) in [6, 6.07) is 8.84. The van der Waals surface area contributed by atoms with Gasteiger partial charge in [0.2, 0.25) is 0 Å². The van der Waals surface area contributed by atoms with Gasteiger partial charge in [-0.3, -0.25) is 0 Å². The summed E-state index contributed by atoms with van der Waals surface area (Å²) in [5.41, 5.74) is 1.36. The van der Waals surface area contributed by atoms with Crippen LogP contribution in [-0.2, 0) is 6.61 Å². The van der Waals surface area contributed by atoms with Crippen molar-refractivity contribution < 1.29 is 19.0 Å². The van der Waals surface area contributed by atoms with E-state index in [4.69, 9.17) is 21.4 Å². The fourth-order valence-corrected chi connectivity index (χ4v) is 2.02. The molecule has 0 radical (unpaired) electrons. The second kappa shape index (κ2) is 5.92. The molecule has 0 aliphatic heterocycles. The molecule has 0 heterocycles. The lowest BCUT2D eigenvalue weighted by Crippen LogP contribution is -2.03. The second-order valence-electron chi connectivity index (χ2n) is 4.26. The highest BCUT2D eigenvalue weighted by molar-refractivity contribution is 6.31. The molecule has 5 heteroatoms. The summed E-state index contributed by atoms with van der Waals surface area (Å²) in [5, 5.41) is 9.31. The number of aromatic carboxylic acids is 1. The van der Waals surface area contributed by atoms with E-state index in [-0.39, 0.29) is 17.2 Å². The van der Waals surface area contributed by atoms with Crippen molar-refractivity contribution in [2.75, 3.05) is 0 Å². The minimum atomic E-state index is -1.01. The monoisotopic (exact) mass is 294 g/mol. The molecule has 0 atom stereocenters. The van der Waals surface area contributed by atoms with Crippen LogP contribution in [0.3, 0.4) is 0 Å². The number of hydrogen-bond acceptors (Lipinski definition) is 2. The maximum absolute atomic E-state index is 12.9. The van der Waals surface area contributed by atoms with Crippen LogP contribution in [0.2, 0.25) is 5.02 Å². The maximum atomic E-state index is 12.9. The summed E-state index contributed by atoms with van der Waals surface area (Å²) in [4.78, 5) is 11.0. The van der Waals surface area contributed by atoms with Gasteiger partial charge in [0.25, 0.3) is 0 Å². The Morgan fingerprint density at radius 2 is 2.10 bits per heavy atom. The molecule has 0 unspecified atom stereocenters. The molecule has 2 aromatic rings. The Kier molecular flexibility index (Phi) is 4.25. The summed E-state index contributed by atoms with van der Waals surface area (Å²) in [5.74, 6) is -0.958. The van der Waals surface area contributed by atoms with E-state index < -0.39 is 11.8 Å². The summed E-state index contributed by atoms with van der Waals surface area (Å²) in [6.45, 7) is 1.81. The lowest BCUT2D eigenvalue weighted by Gasteiger charge is -2.11. The van der Waals surface area contributed by atoms with Gasteiger partial charge in [-0.1, -0.05) is 23.7 Å². The lowest BCUT2D eigenvalue weighted by atomic mass is 10.1. The molecular formula is C15H12ClFO3. The third-order valence-electron chi connectivity index (χ3n) is 2.91. The van der Waals surface area contributed by atoms with Gasteiger partial charge in [0, 0.05) is 11.1 Å². The van der Waals surface area contributed by atoms with Crippen LogP contribution in [0.1, 0.15) is 21.5 Å². The van der Waals surface area contributed by atoms with Crippen molar-refractivity contribution in [1.82, 2.24) is 0 Å². The minimum Gasteiger partial charge on any atom is -0.489 e. The summed E-state index contributed by atoms with van der Waals surface area (Å²) in [6.07, 6.45) is 0. The molecule has 0 aromatic heterocycles. The molecule has 20 heavy (non-hydrogen) atoms. The van der Waals surface area contributed by atoms with Gasteiger partial charge in [-0.25, -0.2) is 9.18 Å². The molecule has 0 fully saturated rings. The van der Waals surface area contributed by atoms with Gasteiger partial charge >= 0.3 is 5.97 Å². The smallest absolute Gasteiger partial charge is 0.336 e. The van der Waals surface area contributed by atoms with E-state index >= 15 is 0 Å². The van der Waals surface area contributed by atoms with Gasteiger partial charge in [0.05, 0.1) is 10.6 Å². The minimum absolute atomic E-state index is 0.142. The molecule has 0 amide bonds. The Bertz CT molecular complexity index is 656. The van der Waals surface area contributed by atoms with E-state index in [1.165, 1.54) is 24.3 Å². The van der Waals surface area contributed by atoms with Gasteiger partial charge in [-0.05, 0) is 31.2 Å². The molecule has 0 saturated heterocycles. The first-order chi connectivity index (χ1) is 9.49. The van der Waals surface area contributed by atoms with E-state index in [1.807, 2.05) is 0 Å². The first-order valence-electron chi connectivity index (χ1n) is 5.88. The van der Waals surface area contributed by atoms with Crippen molar-refractivity contribution in [3.8, 4) is 5.75 Å². The van der Waals surface area contributed by atoms with Crippen LogP contribution in [0.25, 0.3) is 0 Å². The van der Waals surface area contributed by atoms with Gasteiger partial charge in [0.1, 0.15) is 18.2 Å². The first kappa shape index (κ1) is 14.3. The van der Waals surface area contributed by atoms with Gasteiger partial charge in [-0.2, -0.15) is 0 Å². The van der Waals surface area contributed by atoms with Gasteiger partial charge < -0.3 is 9.84 Å². The van der Waals surface area contributed by atoms with E-state index in [2.05, 4.69) is 0 Å². The number of ether oxygens (including phenoxy) is 1. The Morgan fingerprint density at radius 3 is 2.75 bits per heavy atom. The number of carbonyl (C=O) groups is 1. The molecule has 2 rings (SSSR count). The molecule has 2 aromatic carbocycles. The topological polar surface area (TPSA) is 46.5 Å². The van der Waals surface area contributed by atoms with Crippen LogP contribution in [0.15, 0.2) is 36.4 Å². The van der Waals surface area contributed by atoms with Crippen LogP contribution >= 0.6 is 11.6 Å². The summed E-state index contributed by atoms with van der Waals surface area (Å²) < 4.78 is 18.5. The third kappa shape index (κ3) is 3.08. The standard InChI is InChI=1S/C15H12ClFO3/c1-9-12(15(18)19)3-2-4-14(9)20-8-10-5-6-11(17)7-13(10)16/h2-7H,8H2,1H3,(H,18,19). The molecule has 3 nitrogen and oxygen atoms in total. The Morgan fingerprint density at radius 1 is 1.35 bits per heavy atom. The molecule has 0 aliphatic rings. The number of carboxylic acids is 1. The van der Waals surface area contributed by atoms with Crippen LogP contribution in [0, 0.1) is 12.7 Å². The van der Waals surface area contributed by atoms with Crippen molar-refractivity contribution in [1.29, 1.82) is 0 Å². The van der Waals surface area contributed by atoms with Crippen molar-refractivity contribution in [2.45, 2.75) is 13.5 Å². The van der Waals surface area contributed by atoms with Crippen molar-refractivity contribution in [2.24, 2.45) is 0 Å². The van der Waals surface area contributed by atoms with E-state index in [0.29, 0.717) is 16.9 Å². The normalized spacial score (nSPS) is 10.3. The highest BCUT2D eigenvalue weighted by atomic mass is 35.5. The number of hydrogen-bond donors (Lipinski definition) is 1. The summed E-state index contributed by atoms with van der Waals surface area (Å²) >= 11 is 5.90. The van der Waals surface area contributed by atoms with E-state index in [0.717, 1.165) is 0 Å². The number of rotatable bonds is 4. The highest BCUT2D eigenvalue weighted by Gasteiger charge is 2.11. The molecule has 0 spiro atoms. The maximum Gasteiger partial charge on any atom is 0.336 e. The Hall–Kier alpha value is -2.07. The number of carboxylic acid groups (broad SMARTS) is 1. The summed E-state index contributed by atoms with van der Waals surface area (Å²) in [7, 11) is 0. The zero-order valence-corrected chi connectivity index (χ0v) is 11.4. The molecule has 1 N–H and O–H groups in total. The number of benzene rings is 2. The first-order valence-corrected chi connectivity index (χ1v) is 6.26. The number of halogens is 2. The average Bonchev–Trinajstić information content (AvgIpc) is 2.39. The largest absolute Gasteiger partial charge is 0.489 e. The zero-order valence-electron chi connectivity index (χ0n) is 10.7. The average molecular weight is 295 g/mol. The molecular weight excluding hydrogens is 283 g/mol. The van der Waals surface area contributed by atoms with E-state index in [9.17, 15) is 9.18 Å². The van der Waals surface area contributed by atoms with Crippen molar-refractivity contribution in [3.05, 3.63) is 63.9 Å². The SMILES string of the molecule is Cc1c(OCc2ccc(F)cc2Cl)cccc1C(=O)O. The molecule has 104 valence electrons. The van der Waals surface area contributed by atoms with Crippen molar-refractivity contribution in [3.63, 3.8) is 0 Å². The highest BCUT2D eigenvalue weighted by Crippen LogP contribution is 2.24. The second-order valence-corrected chi connectivity index (χ2v) is 4.67. The Balaban J connectivity index is 2.19. The quantitative estimate of drug-likeness (QED) is 0.925. The third-order valence-corrected chi connectivity index (χ3v) is 3.26. The lowest BCUT2D eigenvalue weighted by molar-refractivity contribution is 0.0695. The predicted octanol–water partition coefficient (Wildman–Crippen LogP) is 4.06. The zero-order chi connectivity index (χ0) is 14.7. The fourth-order valence-electron chi connectivity index (χ4n) is 1.80. The van der Waals surface area contributed by atoms with Crippen LogP contribution in [0.4, 0.5) is 4.39 Å². The Labute approximate surface area is 120 Å². The molecule has 0 saturated carbocycles. The van der Waals surface area contributed by atoms with Crippen molar-refractivity contribution >= 4 is 17.6 Å². The van der Waals surface area contributed by atoms with E-state index in [1.54, 1.807) is 19.1 Å². The fraction of sp³-hybridized carbons (Fsp3) is 0.133. The van der Waals surface area contributed by atoms with Crippen LogP contribution < -0.4 is 4.74 Å². The molecule has 0 bridgehead atoms. The molecule has 0 aliphatic carbocycles. The van der Waals surface area contributed by atoms with Crippen LogP contribution in [-0.4, -0.2) is 11.1 Å².